The lowest BCUT2D eigenvalue weighted by Gasteiger charge is -2.14. The molecule has 0 saturated carbocycles. The molecule has 1 unspecified atom stereocenters. The average molecular weight is 236 g/mol. The fraction of sp³-hybridized carbons (Fsp3) is 0.533. The Hall–Kier alpha value is -1.31. The van der Waals surface area contributed by atoms with Crippen LogP contribution in [0, 0.1) is 5.92 Å². The van der Waals surface area contributed by atoms with Gasteiger partial charge in [0.25, 0.3) is 0 Å². The zero-order valence-electron chi connectivity index (χ0n) is 11.1. The summed E-state index contributed by atoms with van der Waals surface area (Å²) in [6.07, 6.45) is 9.43. The lowest BCUT2D eigenvalue weighted by molar-refractivity contribution is -0.140. The number of allylic oxidation sites excluding steroid dienone is 2. The summed E-state index contributed by atoms with van der Waals surface area (Å²) in [5.74, 6) is 0.133. The van der Waals surface area contributed by atoms with Gasteiger partial charge in [0.2, 0.25) is 0 Å². The lowest BCUT2D eigenvalue weighted by atomic mass is 10.0. The van der Waals surface area contributed by atoms with Crippen LogP contribution in [0.5, 0.6) is 0 Å². The maximum Gasteiger partial charge on any atom is 0.337 e. The van der Waals surface area contributed by atoms with Gasteiger partial charge in [-0.1, -0.05) is 58.4 Å². The molecule has 0 aromatic carbocycles. The van der Waals surface area contributed by atoms with Crippen LogP contribution >= 0.6 is 0 Å². The first kappa shape index (κ1) is 15.7. The van der Waals surface area contributed by atoms with Crippen molar-refractivity contribution in [2.24, 2.45) is 5.92 Å². The third kappa shape index (κ3) is 7.56. The van der Waals surface area contributed by atoms with E-state index < -0.39 is 0 Å². The molecule has 0 spiro atoms. The molecule has 0 aliphatic carbocycles. The molecule has 0 bridgehead atoms. The molecule has 0 fully saturated rings. The normalized spacial score (nSPS) is 12.4. The second-order valence-corrected chi connectivity index (χ2v) is 4.14. The zero-order valence-corrected chi connectivity index (χ0v) is 11.1. The maximum absolute atomic E-state index is 11.5. The summed E-state index contributed by atoms with van der Waals surface area (Å²) in [5.41, 5.74) is 0.371. The number of hydrogen-bond acceptors (Lipinski definition) is 2. The highest BCUT2D eigenvalue weighted by Gasteiger charge is 2.10. The standard InChI is InChI=1S/C15H24O2/c1-5-8-10-13(4)15(16)17-12-14(7-3)11-9-6-2/h5,8,10,14H,1,4,6-7,9,11-12H2,2-3H3/b10-8+. The minimum absolute atomic E-state index is 0.335. The van der Waals surface area contributed by atoms with Crippen LogP contribution in [0.25, 0.3) is 0 Å². The van der Waals surface area contributed by atoms with Crippen LogP contribution in [-0.4, -0.2) is 12.6 Å². The fourth-order valence-corrected chi connectivity index (χ4v) is 1.44. The Morgan fingerprint density at radius 3 is 2.65 bits per heavy atom. The molecule has 96 valence electrons. The van der Waals surface area contributed by atoms with Gasteiger partial charge in [-0.2, -0.15) is 0 Å². The quantitative estimate of drug-likeness (QED) is 0.343. The van der Waals surface area contributed by atoms with Gasteiger partial charge in [-0.05, 0) is 18.4 Å². The predicted octanol–water partition coefficient (Wildman–Crippen LogP) is 4.04. The summed E-state index contributed by atoms with van der Waals surface area (Å²) in [5, 5.41) is 0. The highest BCUT2D eigenvalue weighted by atomic mass is 16.5. The minimum atomic E-state index is -0.335. The molecule has 0 rings (SSSR count). The summed E-state index contributed by atoms with van der Waals surface area (Å²) in [6, 6.07) is 0. The SMILES string of the molecule is C=C/C=C/C(=C)C(=O)OCC(CC)CCCC. The van der Waals surface area contributed by atoms with Gasteiger partial charge in [0.05, 0.1) is 12.2 Å². The fourth-order valence-electron chi connectivity index (χ4n) is 1.44. The van der Waals surface area contributed by atoms with Gasteiger partial charge in [0.1, 0.15) is 0 Å². The number of unbranched alkanes of at least 4 members (excludes halogenated alkanes) is 1. The van der Waals surface area contributed by atoms with E-state index in [0.29, 0.717) is 18.1 Å². The van der Waals surface area contributed by atoms with E-state index in [2.05, 4.69) is 27.0 Å². The van der Waals surface area contributed by atoms with E-state index in [1.54, 1.807) is 18.2 Å². The van der Waals surface area contributed by atoms with Crippen LogP contribution in [0.3, 0.4) is 0 Å². The van der Waals surface area contributed by atoms with Gasteiger partial charge in [-0.15, -0.1) is 0 Å². The summed E-state index contributed by atoms with van der Waals surface area (Å²) in [7, 11) is 0. The lowest BCUT2D eigenvalue weighted by Crippen LogP contribution is -2.14. The van der Waals surface area contributed by atoms with Gasteiger partial charge in [-0.3, -0.25) is 0 Å². The van der Waals surface area contributed by atoms with Crippen molar-refractivity contribution in [2.75, 3.05) is 6.61 Å². The Labute approximate surface area is 105 Å². The van der Waals surface area contributed by atoms with Crippen molar-refractivity contribution in [2.45, 2.75) is 39.5 Å². The van der Waals surface area contributed by atoms with Crippen LogP contribution in [0.15, 0.2) is 37.0 Å². The number of rotatable bonds is 9. The third-order valence-electron chi connectivity index (χ3n) is 2.69. The topological polar surface area (TPSA) is 26.3 Å². The van der Waals surface area contributed by atoms with Crippen LogP contribution in [0.1, 0.15) is 39.5 Å². The Balaban J connectivity index is 3.99. The van der Waals surface area contributed by atoms with Crippen LogP contribution < -0.4 is 0 Å². The van der Waals surface area contributed by atoms with Gasteiger partial charge >= 0.3 is 5.97 Å². The first-order chi connectivity index (χ1) is 8.15. The van der Waals surface area contributed by atoms with Crippen molar-refractivity contribution in [3.05, 3.63) is 37.0 Å². The number of esters is 1. The van der Waals surface area contributed by atoms with Gasteiger partial charge in [-0.25, -0.2) is 4.79 Å². The number of carbonyl (C=O) groups is 1. The largest absolute Gasteiger partial charge is 0.462 e. The molecule has 0 N–H and O–H groups in total. The Morgan fingerprint density at radius 2 is 2.12 bits per heavy atom. The van der Waals surface area contributed by atoms with E-state index in [1.807, 2.05) is 0 Å². The molecular formula is C15H24O2. The molecule has 0 saturated heterocycles. The molecule has 2 nitrogen and oxygen atoms in total. The second-order valence-electron chi connectivity index (χ2n) is 4.14. The summed E-state index contributed by atoms with van der Waals surface area (Å²) >= 11 is 0. The second kappa shape index (κ2) is 9.88. The highest BCUT2D eigenvalue weighted by molar-refractivity contribution is 5.90. The minimum Gasteiger partial charge on any atom is -0.462 e. The number of ether oxygens (including phenoxy) is 1. The molecule has 0 aromatic heterocycles. The van der Waals surface area contributed by atoms with E-state index in [1.165, 1.54) is 12.8 Å². The van der Waals surface area contributed by atoms with E-state index in [9.17, 15) is 4.79 Å². The van der Waals surface area contributed by atoms with E-state index in [-0.39, 0.29) is 5.97 Å². The molecule has 0 radical (unpaired) electrons. The molecule has 0 aliphatic rings. The highest BCUT2D eigenvalue weighted by Crippen LogP contribution is 2.13. The Kier molecular flexibility index (Phi) is 9.12. The van der Waals surface area contributed by atoms with Crippen LogP contribution in [0.4, 0.5) is 0 Å². The molecule has 0 heterocycles. The van der Waals surface area contributed by atoms with E-state index in [4.69, 9.17) is 4.74 Å². The summed E-state index contributed by atoms with van der Waals surface area (Å²) in [4.78, 5) is 11.5. The van der Waals surface area contributed by atoms with Crippen LogP contribution in [0.2, 0.25) is 0 Å². The van der Waals surface area contributed by atoms with Crippen molar-refractivity contribution < 1.29 is 9.53 Å². The first-order valence-corrected chi connectivity index (χ1v) is 6.30. The monoisotopic (exact) mass is 236 g/mol. The Morgan fingerprint density at radius 1 is 1.41 bits per heavy atom. The van der Waals surface area contributed by atoms with E-state index in [0.717, 1.165) is 12.8 Å². The maximum atomic E-state index is 11.5. The molecular weight excluding hydrogens is 212 g/mol. The smallest absolute Gasteiger partial charge is 0.337 e. The number of carbonyl (C=O) groups excluding carboxylic acids is 1. The zero-order chi connectivity index (χ0) is 13.1. The first-order valence-electron chi connectivity index (χ1n) is 6.30. The van der Waals surface area contributed by atoms with Crippen molar-refractivity contribution in [3.63, 3.8) is 0 Å². The van der Waals surface area contributed by atoms with Crippen molar-refractivity contribution >= 4 is 5.97 Å². The van der Waals surface area contributed by atoms with Crippen LogP contribution in [-0.2, 0) is 9.53 Å². The van der Waals surface area contributed by atoms with Gasteiger partial charge in [0.15, 0.2) is 0 Å². The molecule has 0 amide bonds. The number of hydrogen-bond donors (Lipinski definition) is 0. The molecule has 1 atom stereocenters. The average Bonchev–Trinajstić information content (AvgIpc) is 2.35. The van der Waals surface area contributed by atoms with Crippen molar-refractivity contribution in [3.8, 4) is 0 Å². The Bertz CT molecular complexity index is 277. The summed E-state index contributed by atoms with van der Waals surface area (Å²) in [6.45, 7) is 12.0. The van der Waals surface area contributed by atoms with Crippen molar-refractivity contribution in [1.82, 2.24) is 0 Å². The molecule has 0 aliphatic heterocycles. The third-order valence-corrected chi connectivity index (χ3v) is 2.69. The van der Waals surface area contributed by atoms with E-state index >= 15 is 0 Å². The van der Waals surface area contributed by atoms with Gasteiger partial charge < -0.3 is 4.74 Å². The molecule has 0 aromatic rings. The van der Waals surface area contributed by atoms with Gasteiger partial charge in [0, 0.05) is 0 Å². The molecule has 2 heteroatoms. The summed E-state index contributed by atoms with van der Waals surface area (Å²) < 4.78 is 5.23. The molecule has 17 heavy (non-hydrogen) atoms. The van der Waals surface area contributed by atoms with Crippen molar-refractivity contribution in [1.29, 1.82) is 0 Å². The predicted molar refractivity (Wildman–Crippen MR) is 72.7 cm³/mol.